The Hall–Kier alpha value is -0.830. The third kappa shape index (κ3) is 3.97. The molecule has 0 saturated carbocycles. The van der Waals surface area contributed by atoms with Crippen molar-refractivity contribution in [3.05, 3.63) is 17.5 Å². The van der Waals surface area contributed by atoms with E-state index in [9.17, 15) is 5.11 Å². The molecule has 0 fully saturated rings. The predicted molar refractivity (Wildman–Crippen MR) is 66.4 cm³/mol. The highest BCUT2D eigenvalue weighted by molar-refractivity contribution is 5.11. The molecule has 1 N–H and O–H groups in total. The van der Waals surface area contributed by atoms with Crippen LogP contribution in [0.4, 0.5) is 0 Å². The lowest BCUT2D eigenvalue weighted by atomic mass is 9.88. The van der Waals surface area contributed by atoms with Crippen LogP contribution in [-0.4, -0.2) is 21.0 Å². The average molecular weight is 224 g/mol. The molecule has 0 bridgehead atoms. The molecule has 0 aliphatic rings. The van der Waals surface area contributed by atoms with Crippen molar-refractivity contribution in [2.24, 2.45) is 12.5 Å². The van der Waals surface area contributed by atoms with Gasteiger partial charge in [0.2, 0.25) is 0 Å². The largest absolute Gasteiger partial charge is 0.393 e. The maximum Gasteiger partial charge on any atom is 0.0624 e. The van der Waals surface area contributed by atoms with Crippen molar-refractivity contribution in [2.45, 2.75) is 53.1 Å². The second kappa shape index (κ2) is 5.00. The summed E-state index contributed by atoms with van der Waals surface area (Å²) < 4.78 is 1.88. The fraction of sp³-hybridized carbons (Fsp3) is 0.769. The average Bonchev–Trinajstić information content (AvgIpc) is 2.44. The van der Waals surface area contributed by atoms with E-state index in [1.54, 1.807) is 0 Å². The number of hydrogen-bond donors (Lipinski definition) is 1. The Labute approximate surface area is 98.5 Å². The van der Waals surface area contributed by atoms with E-state index in [0.29, 0.717) is 6.42 Å². The standard InChI is InChI=1S/C13H24N2O/c1-6-10-7-11(15(5)14-10)8-12(16)9-13(2,3)4/h7,12,16H,6,8-9H2,1-5H3. The van der Waals surface area contributed by atoms with E-state index in [1.165, 1.54) is 0 Å². The molecule has 0 aromatic carbocycles. The summed E-state index contributed by atoms with van der Waals surface area (Å²) in [4.78, 5) is 0. The van der Waals surface area contributed by atoms with Gasteiger partial charge in [-0.1, -0.05) is 27.7 Å². The highest BCUT2D eigenvalue weighted by Gasteiger charge is 2.18. The van der Waals surface area contributed by atoms with E-state index in [4.69, 9.17) is 0 Å². The molecule has 0 saturated heterocycles. The summed E-state index contributed by atoms with van der Waals surface area (Å²) in [5.74, 6) is 0. The lowest BCUT2D eigenvalue weighted by Crippen LogP contribution is -2.20. The topological polar surface area (TPSA) is 38.0 Å². The SMILES string of the molecule is CCc1cc(CC(O)CC(C)(C)C)n(C)n1. The summed E-state index contributed by atoms with van der Waals surface area (Å²) in [7, 11) is 1.94. The van der Waals surface area contributed by atoms with Gasteiger partial charge >= 0.3 is 0 Å². The predicted octanol–water partition coefficient (Wildman–Crippen LogP) is 2.32. The summed E-state index contributed by atoms with van der Waals surface area (Å²) in [5.41, 5.74) is 2.39. The molecule has 1 aromatic rings. The first kappa shape index (κ1) is 13.2. The normalized spacial score (nSPS) is 14.1. The van der Waals surface area contributed by atoms with E-state index in [1.807, 2.05) is 11.7 Å². The molecular formula is C13H24N2O. The van der Waals surface area contributed by atoms with Gasteiger partial charge in [-0.25, -0.2) is 0 Å². The van der Waals surface area contributed by atoms with Crippen molar-refractivity contribution in [1.82, 2.24) is 9.78 Å². The van der Waals surface area contributed by atoms with E-state index >= 15 is 0 Å². The van der Waals surface area contributed by atoms with Gasteiger partial charge in [-0.3, -0.25) is 4.68 Å². The molecule has 0 spiro atoms. The van der Waals surface area contributed by atoms with Gasteiger partial charge in [0.1, 0.15) is 0 Å². The van der Waals surface area contributed by atoms with Crippen LogP contribution in [0, 0.1) is 5.41 Å². The Kier molecular flexibility index (Phi) is 4.14. The number of aliphatic hydroxyl groups excluding tert-OH is 1. The monoisotopic (exact) mass is 224 g/mol. The third-order valence-electron chi connectivity index (χ3n) is 2.68. The summed E-state index contributed by atoms with van der Waals surface area (Å²) in [6.45, 7) is 8.54. The van der Waals surface area contributed by atoms with Crippen molar-refractivity contribution in [1.29, 1.82) is 0 Å². The Morgan fingerprint density at radius 1 is 1.44 bits per heavy atom. The number of aliphatic hydroxyl groups is 1. The van der Waals surface area contributed by atoms with Crippen molar-refractivity contribution in [3.8, 4) is 0 Å². The number of aryl methyl sites for hydroxylation is 2. The highest BCUT2D eigenvalue weighted by Crippen LogP contribution is 2.22. The molecule has 1 atom stereocenters. The second-order valence-electron chi connectivity index (χ2n) is 5.73. The number of aromatic nitrogens is 2. The van der Waals surface area contributed by atoms with Gasteiger partial charge in [-0.05, 0) is 24.3 Å². The van der Waals surface area contributed by atoms with E-state index < -0.39 is 0 Å². The zero-order valence-corrected chi connectivity index (χ0v) is 11.1. The van der Waals surface area contributed by atoms with Crippen molar-refractivity contribution < 1.29 is 5.11 Å². The zero-order chi connectivity index (χ0) is 12.3. The van der Waals surface area contributed by atoms with Crippen molar-refractivity contribution in [2.75, 3.05) is 0 Å². The lowest BCUT2D eigenvalue weighted by molar-refractivity contribution is 0.119. The minimum Gasteiger partial charge on any atom is -0.393 e. The molecule has 1 rings (SSSR count). The zero-order valence-electron chi connectivity index (χ0n) is 11.1. The Bertz CT molecular complexity index is 336. The summed E-state index contributed by atoms with van der Waals surface area (Å²) >= 11 is 0. The molecule has 16 heavy (non-hydrogen) atoms. The van der Waals surface area contributed by atoms with Crippen molar-refractivity contribution in [3.63, 3.8) is 0 Å². The first-order valence-corrected chi connectivity index (χ1v) is 6.01. The minimum absolute atomic E-state index is 0.172. The maximum atomic E-state index is 10.0. The van der Waals surface area contributed by atoms with Gasteiger partial charge in [0.15, 0.2) is 0 Å². The molecule has 0 aliphatic carbocycles. The molecule has 3 nitrogen and oxygen atoms in total. The number of hydrogen-bond acceptors (Lipinski definition) is 2. The maximum absolute atomic E-state index is 10.0. The summed E-state index contributed by atoms with van der Waals surface area (Å²) in [6.07, 6.45) is 2.18. The molecule has 1 unspecified atom stereocenters. The smallest absolute Gasteiger partial charge is 0.0624 e. The Morgan fingerprint density at radius 3 is 2.50 bits per heavy atom. The van der Waals surface area contributed by atoms with E-state index in [-0.39, 0.29) is 11.5 Å². The van der Waals surface area contributed by atoms with Crippen LogP contribution in [0.5, 0.6) is 0 Å². The van der Waals surface area contributed by atoms with Crippen LogP contribution in [0.2, 0.25) is 0 Å². The fourth-order valence-corrected chi connectivity index (χ4v) is 1.96. The summed E-state index contributed by atoms with van der Waals surface area (Å²) in [5, 5.41) is 14.4. The fourth-order valence-electron chi connectivity index (χ4n) is 1.96. The number of nitrogens with zero attached hydrogens (tertiary/aromatic N) is 2. The summed E-state index contributed by atoms with van der Waals surface area (Å²) in [6, 6.07) is 2.09. The van der Waals surface area contributed by atoms with Crippen LogP contribution in [0.1, 0.15) is 45.5 Å². The third-order valence-corrected chi connectivity index (χ3v) is 2.68. The van der Waals surface area contributed by atoms with Crippen LogP contribution in [0.25, 0.3) is 0 Å². The molecular weight excluding hydrogens is 200 g/mol. The molecule has 0 radical (unpaired) electrons. The molecule has 0 aliphatic heterocycles. The van der Waals surface area contributed by atoms with Gasteiger partial charge in [0.25, 0.3) is 0 Å². The van der Waals surface area contributed by atoms with Crippen LogP contribution >= 0.6 is 0 Å². The minimum atomic E-state index is -0.278. The van der Waals surface area contributed by atoms with E-state index in [0.717, 1.165) is 24.2 Å². The lowest BCUT2D eigenvalue weighted by Gasteiger charge is -2.22. The Morgan fingerprint density at radius 2 is 2.06 bits per heavy atom. The van der Waals surface area contributed by atoms with Gasteiger partial charge in [-0.2, -0.15) is 5.10 Å². The molecule has 0 amide bonds. The highest BCUT2D eigenvalue weighted by atomic mass is 16.3. The first-order chi connectivity index (χ1) is 7.31. The Balaban J connectivity index is 2.62. The quantitative estimate of drug-likeness (QED) is 0.852. The van der Waals surface area contributed by atoms with Crippen molar-refractivity contribution >= 4 is 0 Å². The van der Waals surface area contributed by atoms with Crippen LogP contribution in [0.15, 0.2) is 6.07 Å². The van der Waals surface area contributed by atoms with Gasteiger partial charge in [-0.15, -0.1) is 0 Å². The van der Waals surface area contributed by atoms with Crippen LogP contribution in [0.3, 0.4) is 0 Å². The van der Waals surface area contributed by atoms with Crippen LogP contribution < -0.4 is 0 Å². The molecule has 1 aromatic heterocycles. The van der Waals surface area contributed by atoms with E-state index in [2.05, 4.69) is 38.9 Å². The second-order valence-corrected chi connectivity index (χ2v) is 5.73. The molecule has 3 heteroatoms. The van der Waals surface area contributed by atoms with Gasteiger partial charge in [0.05, 0.1) is 11.8 Å². The van der Waals surface area contributed by atoms with Gasteiger partial charge in [0, 0.05) is 19.2 Å². The molecule has 92 valence electrons. The van der Waals surface area contributed by atoms with Gasteiger partial charge < -0.3 is 5.11 Å². The first-order valence-electron chi connectivity index (χ1n) is 6.01. The number of rotatable bonds is 4. The van der Waals surface area contributed by atoms with Crippen LogP contribution in [-0.2, 0) is 19.9 Å². The molecule has 1 heterocycles.